The third-order valence-electron chi connectivity index (χ3n) is 3.59. The molecule has 6 heteroatoms. The predicted molar refractivity (Wildman–Crippen MR) is 75.4 cm³/mol. The average Bonchev–Trinajstić information content (AvgIpc) is 2.74. The Labute approximate surface area is 118 Å². The van der Waals surface area contributed by atoms with E-state index in [1.54, 1.807) is 12.1 Å². The first kappa shape index (κ1) is 14.1. The van der Waals surface area contributed by atoms with Gasteiger partial charge in [-0.2, -0.15) is 0 Å². The van der Waals surface area contributed by atoms with Gasteiger partial charge < -0.3 is 10.3 Å². The van der Waals surface area contributed by atoms with Crippen LogP contribution in [-0.2, 0) is 11.3 Å². The summed E-state index contributed by atoms with van der Waals surface area (Å²) in [5, 5.41) is 0.555. The molecule has 2 heterocycles. The Morgan fingerprint density at radius 2 is 2.32 bits per heavy atom. The lowest BCUT2D eigenvalue weighted by Gasteiger charge is -2.18. The Hall–Kier alpha value is -1.33. The van der Waals surface area contributed by atoms with Crippen molar-refractivity contribution in [1.82, 2.24) is 9.88 Å². The van der Waals surface area contributed by atoms with Crippen molar-refractivity contribution in [2.75, 3.05) is 12.0 Å². The van der Waals surface area contributed by atoms with Gasteiger partial charge in [0.05, 0.1) is 17.3 Å². The van der Waals surface area contributed by atoms with E-state index in [0.29, 0.717) is 41.3 Å². The highest BCUT2D eigenvalue weighted by atomic mass is 35.5. The van der Waals surface area contributed by atoms with Crippen LogP contribution in [0.2, 0.25) is 5.02 Å². The molecule has 0 bridgehead atoms. The molecule has 1 aliphatic rings. The van der Waals surface area contributed by atoms with E-state index in [9.17, 15) is 4.79 Å². The van der Waals surface area contributed by atoms with Gasteiger partial charge in [0.15, 0.2) is 0 Å². The molecule has 0 spiro atoms. The Bertz CT molecular complexity index is 478. The number of aromatic nitrogens is 1. The van der Waals surface area contributed by atoms with Gasteiger partial charge in [0, 0.05) is 13.0 Å². The number of hydrazine groups is 1. The number of pyridine rings is 1. The molecule has 1 unspecified atom stereocenters. The molecule has 0 radical (unpaired) electrons. The number of hydrogen-bond acceptors (Lipinski definition) is 4. The SMILES string of the molecule is CC(C)C1CC(=O)N(Cc2nc(NN)ccc2Cl)C1. The quantitative estimate of drug-likeness (QED) is 0.655. The van der Waals surface area contributed by atoms with E-state index in [0.717, 1.165) is 6.54 Å². The minimum absolute atomic E-state index is 0.169. The van der Waals surface area contributed by atoms with Crippen LogP contribution in [0.5, 0.6) is 0 Å². The van der Waals surface area contributed by atoms with Crippen LogP contribution >= 0.6 is 11.6 Å². The van der Waals surface area contributed by atoms with Gasteiger partial charge in [-0.05, 0) is 24.0 Å². The number of nitrogen functional groups attached to an aromatic ring is 1. The molecule has 1 fully saturated rings. The summed E-state index contributed by atoms with van der Waals surface area (Å²) in [7, 11) is 0. The van der Waals surface area contributed by atoms with E-state index >= 15 is 0 Å². The normalized spacial score (nSPS) is 19.3. The van der Waals surface area contributed by atoms with Crippen LogP contribution in [0.15, 0.2) is 12.1 Å². The summed E-state index contributed by atoms with van der Waals surface area (Å²) in [6.45, 7) is 5.50. The molecule has 1 aliphatic heterocycles. The Balaban J connectivity index is 2.11. The van der Waals surface area contributed by atoms with Crippen molar-refractivity contribution >= 4 is 23.3 Å². The first-order valence-electron chi connectivity index (χ1n) is 6.41. The van der Waals surface area contributed by atoms with Crippen LogP contribution in [0.25, 0.3) is 0 Å². The summed E-state index contributed by atoms with van der Waals surface area (Å²) in [4.78, 5) is 18.1. The number of hydrogen-bond donors (Lipinski definition) is 2. The number of amides is 1. The van der Waals surface area contributed by atoms with Gasteiger partial charge in [0.2, 0.25) is 5.91 Å². The predicted octanol–water partition coefficient (Wildman–Crippen LogP) is 2.03. The van der Waals surface area contributed by atoms with E-state index < -0.39 is 0 Å². The topological polar surface area (TPSA) is 71.2 Å². The van der Waals surface area contributed by atoms with Gasteiger partial charge in [-0.25, -0.2) is 10.8 Å². The largest absolute Gasteiger partial charge is 0.336 e. The molecule has 1 aromatic rings. The summed E-state index contributed by atoms with van der Waals surface area (Å²) in [5.74, 6) is 6.97. The van der Waals surface area contributed by atoms with Gasteiger partial charge >= 0.3 is 0 Å². The van der Waals surface area contributed by atoms with Gasteiger partial charge in [-0.1, -0.05) is 25.4 Å². The molecular weight excluding hydrogens is 264 g/mol. The molecule has 1 amide bonds. The lowest BCUT2D eigenvalue weighted by atomic mass is 9.95. The van der Waals surface area contributed by atoms with Crippen LogP contribution in [0, 0.1) is 11.8 Å². The van der Waals surface area contributed by atoms with Gasteiger partial charge in [-0.3, -0.25) is 4.79 Å². The lowest BCUT2D eigenvalue weighted by molar-refractivity contribution is -0.128. The smallest absolute Gasteiger partial charge is 0.223 e. The van der Waals surface area contributed by atoms with Crippen LogP contribution in [-0.4, -0.2) is 22.3 Å². The number of nitrogens with two attached hydrogens (primary N) is 1. The summed E-state index contributed by atoms with van der Waals surface area (Å²) < 4.78 is 0. The third kappa shape index (κ3) is 3.16. The monoisotopic (exact) mass is 282 g/mol. The van der Waals surface area contributed by atoms with E-state index in [4.69, 9.17) is 17.4 Å². The molecule has 0 aliphatic carbocycles. The Kier molecular flexibility index (Phi) is 4.27. The molecule has 1 atom stereocenters. The standard InChI is InChI=1S/C13H19ClN4O/c1-8(2)9-5-13(19)18(6-9)7-11-10(14)3-4-12(16-11)17-15/h3-4,8-9H,5-7,15H2,1-2H3,(H,16,17). The second-order valence-electron chi connectivity index (χ2n) is 5.25. The van der Waals surface area contributed by atoms with E-state index in [-0.39, 0.29) is 5.91 Å². The van der Waals surface area contributed by atoms with Crippen molar-refractivity contribution in [3.8, 4) is 0 Å². The van der Waals surface area contributed by atoms with Crippen molar-refractivity contribution in [2.24, 2.45) is 17.7 Å². The molecule has 3 N–H and O–H groups in total. The second kappa shape index (κ2) is 5.75. The molecule has 1 saturated heterocycles. The van der Waals surface area contributed by atoms with Gasteiger partial charge in [-0.15, -0.1) is 0 Å². The lowest BCUT2D eigenvalue weighted by Crippen LogP contribution is -2.26. The molecule has 104 valence electrons. The zero-order valence-electron chi connectivity index (χ0n) is 11.2. The first-order chi connectivity index (χ1) is 9.01. The summed E-state index contributed by atoms with van der Waals surface area (Å²) in [5.41, 5.74) is 3.16. The number of halogens is 1. The third-order valence-corrected chi connectivity index (χ3v) is 3.94. The number of nitrogens with one attached hydrogen (secondary N) is 1. The Morgan fingerprint density at radius 3 is 2.89 bits per heavy atom. The number of anilines is 1. The van der Waals surface area contributed by atoms with Crippen LogP contribution in [0.1, 0.15) is 26.0 Å². The minimum atomic E-state index is 0.169. The summed E-state index contributed by atoms with van der Waals surface area (Å²) in [6.07, 6.45) is 0.615. The summed E-state index contributed by atoms with van der Waals surface area (Å²) >= 11 is 6.11. The zero-order chi connectivity index (χ0) is 14.0. The number of nitrogens with zero attached hydrogens (tertiary/aromatic N) is 2. The fraction of sp³-hybridized carbons (Fsp3) is 0.538. The van der Waals surface area contributed by atoms with Crippen LogP contribution < -0.4 is 11.3 Å². The van der Waals surface area contributed by atoms with E-state index in [1.165, 1.54) is 0 Å². The second-order valence-corrected chi connectivity index (χ2v) is 5.66. The summed E-state index contributed by atoms with van der Waals surface area (Å²) in [6, 6.07) is 3.44. The van der Waals surface area contributed by atoms with Crippen molar-refractivity contribution in [3.63, 3.8) is 0 Å². The van der Waals surface area contributed by atoms with Gasteiger partial charge in [0.25, 0.3) is 0 Å². The van der Waals surface area contributed by atoms with E-state index in [2.05, 4.69) is 24.3 Å². The van der Waals surface area contributed by atoms with E-state index in [1.807, 2.05) is 4.90 Å². The number of carbonyl (C=O) groups excluding carboxylic acids is 1. The van der Waals surface area contributed by atoms with Crippen LogP contribution in [0.3, 0.4) is 0 Å². The first-order valence-corrected chi connectivity index (χ1v) is 6.79. The van der Waals surface area contributed by atoms with Crippen molar-refractivity contribution in [2.45, 2.75) is 26.8 Å². The molecular formula is C13H19ClN4O. The molecule has 0 aromatic carbocycles. The molecule has 19 heavy (non-hydrogen) atoms. The maximum atomic E-state index is 12.0. The fourth-order valence-corrected chi connectivity index (χ4v) is 2.42. The highest BCUT2D eigenvalue weighted by Crippen LogP contribution is 2.27. The average molecular weight is 283 g/mol. The van der Waals surface area contributed by atoms with Crippen molar-refractivity contribution in [1.29, 1.82) is 0 Å². The van der Waals surface area contributed by atoms with Crippen molar-refractivity contribution < 1.29 is 4.79 Å². The van der Waals surface area contributed by atoms with Gasteiger partial charge in [0.1, 0.15) is 5.82 Å². The maximum Gasteiger partial charge on any atom is 0.223 e. The number of rotatable bonds is 4. The van der Waals surface area contributed by atoms with Crippen LogP contribution in [0.4, 0.5) is 5.82 Å². The minimum Gasteiger partial charge on any atom is -0.336 e. The number of likely N-dealkylation sites (tertiary alicyclic amines) is 1. The van der Waals surface area contributed by atoms with Crippen molar-refractivity contribution in [3.05, 3.63) is 22.8 Å². The fourth-order valence-electron chi connectivity index (χ4n) is 2.26. The zero-order valence-corrected chi connectivity index (χ0v) is 11.9. The molecule has 2 rings (SSSR count). The number of carbonyl (C=O) groups is 1. The molecule has 0 saturated carbocycles. The Morgan fingerprint density at radius 1 is 1.58 bits per heavy atom. The highest BCUT2D eigenvalue weighted by molar-refractivity contribution is 6.31. The molecule has 5 nitrogen and oxygen atoms in total. The molecule has 1 aromatic heterocycles. The maximum absolute atomic E-state index is 12.0. The highest BCUT2D eigenvalue weighted by Gasteiger charge is 2.31.